The summed E-state index contributed by atoms with van der Waals surface area (Å²) in [5.74, 6) is 1.04. The van der Waals surface area contributed by atoms with Crippen molar-refractivity contribution < 1.29 is 13.7 Å². The molecule has 0 bridgehead atoms. The lowest BCUT2D eigenvalue weighted by Crippen LogP contribution is -2.52. The van der Waals surface area contributed by atoms with Crippen molar-refractivity contribution in [1.82, 2.24) is 19.9 Å². The van der Waals surface area contributed by atoms with E-state index in [1.807, 2.05) is 17.0 Å². The summed E-state index contributed by atoms with van der Waals surface area (Å²) in [6, 6.07) is 13.9. The topological polar surface area (TPSA) is 65.7 Å². The zero-order chi connectivity index (χ0) is 23.5. The molecule has 1 amide bonds. The van der Waals surface area contributed by atoms with Crippen molar-refractivity contribution in [2.45, 2.75) is 19.4 Å². The number of piperidine rings is 1. The number of benzene rings is 2. The molecule has 178 valence electrons. The molecule has 0 radical (unpaired) electrons. The van der Waals surface area contributed by atoms with Crippen LogP contribution in [0.3, 0.4) is 0 Å². The molecule has 2 aromatic carbocycles. The number of hydrogen-bond donors (Lipinski definition) is 0. The number of rotatable bonds is 5. The third-order valence-electron chi connectivity index (χ3n) is 6.57. The SMILES string of the molecule is O=C(C1CCCN(Cc2nc(-c3ccc(Cl)cc3)no2)C1)N1CCN(c2ccc(F)cc2)CC1. The molecule has 1 atom stereocenters. The number of piperazine rings is 1. The molecule has 3 aromatic rings. The number of hydrogen-bond acceptors (Lipinski definition) is 6. The number of anilines is 1. The van der Waals surface area contributed by atoms with Crippen molar-refractivity contribution >= 4 is 23.2 Å². The highest BCUT2D eigenvalue weighted by Gasteiger charge is 2.31. The standard InChI is InChI=1S/C25H27ClFN5O2/c26-20-5-3-18(4-6-20)24-28-23(34-29-24)17-30-11-1-2-19(16-30)25(33)32-14-12-31(13-15-32)22-9-7-21(27)8-10-22/h3-10,19H,1-2,11-17H2. The van der Waals surface area contributed by atoms with Gasteiger partial charge < -0.3 is 14.3 Å². The molecule has 34 heavy (non-hydrogen) atoms. The number of carbonyl (C=O) groups excluding carboxylic acids is 1. The molecule has 3 heterocycles. The number of halogens is 2. The van der Waals surface area contributed by atoms with Gasteiger partial charge in [0.05, 0.1) is 12.5 Å². The molecule has 0 saturated carbocycles. The maximum atomic E-state index is 13.2. The molecule has 1 aromatic heterocycles. The van der Waals surface area contributed by atoms with Gasteiger partial charge in [-0.1, -0.05) is 16.8 Å². The second-order valence-electron chi connectivity index (χ2n) is 8.88. The Kier molecular flexibility index (Phi) is 6.78. The minimum Gasteiger partial charge on any atom is -0.368 e. The largest absolute Gasteiger partial charge is 0.368 e. The van der Waals surface area contributed by atoms with Gasteiger partial charge in [0.2, 0.25) is 17.6 Å². The van der Waals surface area contributed by atoms with Crippen molar-refractivity contribution in [3.8, 4) is 11.4 Å². The van der Waals surface area contributed by atoms with Crippen molar-refractivity contribution in [2.24, 2.45) is 5.92 Å². The number of carbonyl (C=O) groups is 1. The summed E-state index contributed by atoms with van der Waals surface area (Å²) in [6.07, 6.45) is 1.86. The summed E-state index contributed by atoms with van der Waals surface area (Å²) in [6.45, 7) is 4.99. The second kappa shape index (κ2) is 10.1. The second-order valence-corrected chi connectivity index (χ2v) is 9.32. The van der Waals surface area contributed by atoms with Gasteiger partial charge in [0.15, 0.2) is 0 Å². The van der Waals surface area contributed by atoms with Gasteiger partial charge in [0, 0.05) is 49.0 Å². The lowest BCUT2D eigenvalue weighted by atomic mass is 9.96. The summed E-state index contributed by atoms with van der Waals surface area (Å²) >= 11 is 5.95. The minimum atomic E-state index is -0.235. The van der Waals surface area contributed by atoms with Gasteiger partial charge in [0.25, 0.3) is 0 Å². The number of aromatic nitrogens is 2. The third kappa shape index (κ3) is 5.23. The van der Waals surface area contributed by atoms with Crippen molar-refractivity contribution in [3.63, 3.8) is 0 Å². The molecule has 2 fully saturated rings. The van der Waals surface area contributed by atoms with E-state index in [1.165, 1.54) is 12.1 Å². The fourth-order valence-electron chi connectivity index (χ4n) is 4.72. The molecular weight excluding hydrogens is 457 g/mol. The fraction of sp³-hybridized carbons (Fsp3) is 0.400. The summed E-state index contributed by atoms with van der Waals surface area (Å²) in [5.41, 5.74) is 1.85. The van der Waals surface area contributed by atoms with E-state index >= 15 is 0 Å². The highest BCUT2D eigenvalue weighted by atomic mass is 35.5. The van der Waals surface area contributed by atoms with Crippen LogP contribution in [0.4, 0.5) is 10.1 Å². The van der Waals surface area contributed by atoms with Crippen LogP contribution < -0.4 is 4.90 Å². The Balaban J connectivity index is 1.14. The van der Waals surface area contributed by atoms with E-state index in [0.29, 0.717) is 42.9 Å². The van der Waals surface area contributed by atoms with Crippen molar-refractivity contribution in [2.75, 3.05) is 44.2 Å². The summed E-state index contributed by atoms with van der Waals surface area (Å²) < 4.78 is 18.7. The molecule has 7 nitrogen and oxygen atoms in total. The van der Waals surface area contributed by atoms with E-state index in [2.05, 4.69) is 19.9 Å². The van der Waals surface area contributed by atoms with Crippen LogP contribution in [-0.4, -0.2) is 65.1 Å². The zero-order valence-corrected chi connectivity index (χ0v) is 19.6. The third-order valence-corrected chi connectivity index (χ3v) is 6.82. The van der Waals surface area contributed by atoms with Crippen LogP contribution in [0.15, 0.2) is 53.1 Å². The quantitative estimate of drug-likeness (QED) is 0.544. The molecular formula is C25H27ClFN5O2. The average molecular weight is 484 g/mol. The van der Waals surface area contributed by atoms with Crippen LogP contribution in [0, 0.1) is 11.7 Å². The van der Waals surface area contributed by atoms with Gasteiger partial charge in [-0.15, -0.1) is 0 Å². The van der Waals surface area contributed by atoms with E-state index < -0.39 is 0 Å². The molecule has 2 saturated heterocycles. The van der Waals surface area contributed by atoms with Crippen LogP contribution in [0.5, 0.6) is 0 Å². The Bertz CT molecular complexity index is 1110. The predicted octanol–water partition coefficient (Wildman–Crippen LogP) is 4.09. The molecule has 0 spiro atoms. The molecule has 9 heteroatoms. The van der Waals surface area contributed by atoms with Crippen LogP contribution in [-0.2, 0) is 11.3 Å². The van der Waals surface area contributed by atoms with Crippen molar-refractivity contribution in [1.29, 1.82) is 0 Å². The van der Waals surface area contributed by atoms with Gasteiger partial charge in [-0.3, -0.25) is 9.69 Å². The summed E-state index contributed by atoms with van der Waals surface area (Å²) in [4.78, 5) is 24.1. The molecule has 0 aliphatic carbocycles. The highest BCUT2D eigenvalue weighted by molar-refractivity contribution is 6.30. The first-order valence-corrected chi connectivity index (χ1v) is 12.0. The zero-order valence-electron chi connectivity index (χ0n) is 18.9. The fourth-order valence-corrected chi connectivity index (χ4v) is 4.85. The number of amides is 1. The van der Waals surface area contributed by atoms with Gasteiger partial charge >= 0.3 is 0 Å². The molecule has 2 aliphatic rings. The van der Waals surface area contributed by atoms with Gasteiger partial charge in [-0.05, 0) is 67.9 Å². The molecule has 2 aliphatic heterocycles. The Hall–Kier alpha value is -2.97. The Morgan fingerprint density at radius 2 is 1.76 bits per heavy atom. The van der Waals surface area contributed by atoms with Gasteiger partial charge in [-0.25, -0.2) is 4.39 Å². The molecule has 0 N–H and O–H groups in total. The highest BCUT2D eigenvalue weighted by Crippen LogP contribution is 2.24. The average Bonchev–Trinajstić information content (AvgIpc) is 3.33. The number of likely N-dealkylation sites (tertiary alicyclic amines) is 1. The normalized spacial score (nSPS) is 19.4. The monoisotopic (exact) mass is 483 g/mol. The Labute approximate surface area is 203 Å². The summed E-state index contributed by atoms with van der Waals surface area (Å²) in [5, 5.41) is 4.75. The first-order chi connectivity index (χ1) is 16.5. The van der Waals surface area contributed by atoms with E-state index in [1.54, 1.807) is 24.3 Å². The maximum absolute atomic E-state index is 13.2. The maximum Gasteiger partial charge on any atom is 0.241 e. The van der Waals surface area contributed by atoms with E-state index in [-0.39, 0.29) is 17.6 Å². The van der Waals surface area contributed by atoms with Crippen LogP contribution >= 0.6 is 11.6 Å². The Morgan fingerprint density at radius 1 is 1.03 bits per heavy atom. The van der Waals surface area contributed by atoms with Crippen LogP contribution in [0.2, 0.25) is 5.02 Å². The summed E-state index contributed by atoms with van der Waals surface area (Å²) in [7, 11) is 0. The Morgan fingerprint density at radius 3 is 2.50 bits per heavy atom. The smallest absolute Gasteiger partial charge is 0.241 e. The van der Waals surface area contributed by atoms with Crippen molar-refractivity contribution in [3.05, 3.63) is 65.3 Å². The van der Waals surface area contributed by atoms with Gasteiger partial charge in [-0.2, -0.15) is 4.98 Å². The first-order valence-electron chi connectivity index (χ1n) is 11.7. The van der Waals surface area contributed by atoms with E-state index in [0.717, 1.165) is 43.7 Å². The molecule has 5 rings (SSSR count). The minimum absolute atomic E-state index is 0.0234. The number of nitrogens with zero attached hydrogens (tertiary/aromatic N) is 5. The van der Waals surface area contributed by atoms with Crippen LogP contribution in [0.1, 0.15) is 18.7 Å². The lowest BCUT2D eigenvalue weighted by Gasteiger charge is -2.39. The lowest BCUT2D eigenvalue weighted by molar-refractivity contribution is -0.137. The van der Waals surface area contributed by atoms with E-state index in [4.69, 9.17) is 16.1 Å². The molecule has 1 unspecified atom stereocenters. The van der Waals surface area contributed by atoms with E-state index in [9.17, 15) is 9.18 Å². The van der Waals surface area contributed by atoms with Gasteiger partial charge in [0.1, 0.15) is 5.82 Å². The predicted molar refractivity (Wildman–Crippen MR) is 128 cm³/mol. The first kappa shape index (κ1) is 22.8. The van der Waals surface area contributed by atoms with Crippen LogP contribution in [0.25, 0.3) is 11.4 Å².